The maximum atomic E-state index is 12.8. The maximum absolute atomic E-state index is 12.8. The molecule has 1 N–H and O–H groups in total. The molecule has 0 radical (unpaired) electrons. The number of hydrogen-bond acceptors (Lipinski definition) is 4. The van der Waals surface area contributed by atoms with Gasteiger partial charge in [0.1, 0.15) is 0 Å². The van der Waals surface area contributed by atoms with E-state index in [1.54, 1.807) is 6.07 Å². The van der Waals surface area contributed by atoms with Crippen molar-refractivity contribution in [2.24, 2.45) is 0 Å². The molecule has 0 bridgehead atoms. The molecule has 1 heterocycles. The Kier molecular flexibility index (Phi) is 5.64. The smallest absolute Gasteiger partial charge is 0.338 e. The van der Waals surface area contributed by atoms with Gasteiger partial charge in [-0.05, 0) is 31.9 Å². The van der Waals surface area contributed by atoms with Crippen molar-refractivity contribution < 1.29 is 17.7 Å². The Morgan fingerprint density at radius 1 is 1.17 bits per heavy atom. The third kappa shape index (κ3) is 4.80. The van der Waals surface area contributed by atoms with Crippen molar-refractivity contribution >= 4 is 0 Å². The van der Waals surface area contributed by atoms with Crippen molar-refractivity contribution in [1.82, 2.24) is 15.5 Å². The van der Waals surface area contributed by atoms with Gasteiger partial charge in [-0.25, -0.2) is 0 Å². The number of halogens is 3. The second kappa shape index (κ2) is 7.34. The van der Waals surface area contributed by atoms with Gasteiger partial charge in [-0.2, -0.15) is 18.2 Å². The number of aromatic nitrogens is 2. The number of hydrogen-bond donors (Lipinski definition) is 1. The molecule has 4 nitrogen and oxygen atoms in total. The van der Waals surface area contributed by atoms with Crippen molar-refractivity contribution in [3.8, 4) is 0 Å². The predicted molar refractivity (Wildman–Crippen MR) is 84.5 cm³/mol. The Morgan fingerprint density at radius 2 is 1.88 bits per heavy atom. The van der Waals surface area contributed by atoms with E-state index in [0.717, 1.165) is 6.07 Å². The number of alkyl halides is 3. The fraction of sp³-hybridized carbons (Fsp3) is 0.529. The van der Waals surface area contributed by atoms with Crippen LogP contribution in [0.2, 0.25) is 0 Å². The van der Waals surface area contributed by atoms with Crippen LogP contribution in [0.15, 0.2) is 28.8 Å². The van der Waals surface area contributed by atoms with Gasteiger partial charge < -0.3 is 9.84 Å². The summed E-state index contributed by atoms with van der Waals surface area (Å²) in [7, 11) is 0. The lowest BCUT2D eigenvalue weighted by molar-refractivity contribution is -0.137. The highest BCUT2D eigenvalue weighted by Gasteiger charge is 2.30. The van der Waals surface area contributed by atoms with Crippen LogP contribution in [-0.2, 0) is 12.6 Å². The fourth-order valence-corrected chi connectivity index (χ4v) is 2.44. The summed E-state index contributed by atoms with van der Waals surface area (Å²) >= 11 is 0. The van der Waals surface area contributed by atoms with Gasteiger partial charge in [-0.15, -0.1) is 0 Å². The van der Waals surface area contributed by atoms with E-state index in [1.165, 1.54) is 12.1 Å². The molecule has 0 saturated heterocycles. The summed E-state index contributed by atoms with van der Waals surface area (Å²) in [5, 5.41) is 7.19. The zero-order valence-electron chi connectivity index (χ0n) is 14.2. The molecule has 0 aliphatic heterocycles. The summed E-state index contributed by atoms with van der Waals surface area (Å²) < 4.78 is 43.5. The Morgan fingerprint density at radius 3 is 2.46 bits per heavy atom. The Hall–Kier alpha value is -1.89. The minimum Gasteiger partial charge on any atom is -0.338 e. The lowest BCUT2D eigenvalue weighted by atomic mass is 10.0. The molecule has 0 unspecified atom stereocenters. The van der Waals surface area contributed by atoms with E-state index in [-0.39, 0.29) is 18.0 Å². The number of nitrogens with one attached hydrogen (secondary N) is 1. The van der Waals surface area contributed by atoms with Crippen LogP contribution in [-0.4, -0.2) is 16.2 Å². The zero-order valence-corrected chi connectivity index (χ0v) is 14.2. The monoisotopic (exact) mass is 341 g/mol. The van der Waals surface area contributed by atoms with Crippen LogP contribution in [0.5, 0.6) is 0 Å². The summed E-state index contributed by atoms with van der Waals surface area (Å²) in [5.41, 5.74) is 0.00384. The molecule has 2 aromatic rings. The first-order chi connectivity index (χ1) is 11.2. The molecule has 132 valence electrons. The maximum Gasteiger partial charge on any atom is 0.416 e. The summed E-state index contributed by atoms with van der Waals surface area (Å²) in [6.07, 6.45) is -3.85. The minimum absolute atomic E-state index is 0.0436. The van der Waals surface area contributed by atoms with Gasteiger partial charge in [0.05, 0.1) is 11.6 Å². The molecule has 0 aliphatic rings. The summed E-state index contributed by atoms with van der Waals surface area (Å²) in [6, 6.07) is 5.18. The molecule has 1 aromatic carbocycles. The summed E-state index contributed by atoms with van der Waals surface area (Å²) in [5.74, 6) is 1.30. The van der Waals surface area contributed by atoms with Gasteiger partial charge in [-0.1, -0.05) is 37.2 Å². The largest absolute Gasteiger partial charge is 0.416 e. The van der Waals surface area contributed by atoms with E-state index in [0.29, 0.717) is 23.7 Å². The molecule has 0 fully saturated rings. The molecule has 7 heteroatoms. The van der Waals surface area contributed by atoms with Gasteiger partial charge >= 0.3 is 6.18 Å². The highest BCUT2D eigenvalue weighted by atomic mass is 19.4. The lowest BCUT2D eigenvalue weighted by Gasteiger charge is -2.18. The molecule has 2 atom stereocenters. The molecule has 0 saturated carbocycles. The predicted octanol–water partition coefficient (Wildman–Crippen LogP) is 4.49. The Labute approximate surface area is 139 Å². The van der Waals surface area contributed by atoms with Crippen LogP contribution < -0.4 is 5.32 Å². The lowest BCUT2D eigenvalue weighted by Crippen LogP contribution is -2.31. The molecule has 0 amide bonds. The first-order valence-corrected chi connectivity index (χ1v) is 7.92. The van der Waals surface area contributed by atoms with Crippen LogP contribution in [0.4, 0.5) is 13.2 Å². The highest BCUT2D eigenvalue weighted by molar-refractivity contribution is 5.26. The number of benzene rings is 1. The quantitative estimate of drug-likeness (QED) is 0.841. The minimum atomic E-state index is -4.32. The number of nitrogens with zero attached hydrogens (tertiary/aromatic N) is 2. The van der Waals surface area contributed by atoms with Crippen molar-refractivity contribution in [2.75, 3.05) is 0 Å². The third-order valence-electron chi connectivity index (χ3n) is 3.67. The average Bonchev–Trinajstić information content (AvgIpc) is 2.96. The van der Waals surface area contributed by atoms with Crippen molar-refractivity contribution in [3.05, 3.63) is 47.1 Å². The summed E-state index contributed by atoms with van der Waals surface area (Å²) in [4.78, 5) is 4.33. The first-order valence-electron chi connectivity index (χ1n) is 7.92. The van der Waals surface area contributed by atoms with Gasteiger partial charge in [0.25, 0.3) is 0 Å². The van der Waals surface area contributed by atoms with E-state index in [1.807, 2.05) is 27.7 Å². The average molecular weight is 341 g/mol. The van der Waals surface area contributed by atoms with Crippen molar-refractivity contribution in [2.45, 2.75) is 58.3 Å². The fourth-order valence-electron chi connectivity index (χ4n) is 2.44. The van der Waals surface area contributed by atoms with E-state index in [4.69, 9.17) is 4.52 Å². The molecule has 0 spiro atoms. The second-order valence-electron chi connectivity index (χ2n) is 6.34. The van der Waals surface area contributed by atoms with E-state index >= 15 is 0 Å². The Bertz CT molecular complexity index is 667. The highest BCUT2D eigenvalue weighted by Crippen LogP contribution is 2.29. The van der Waals surface area contributed by atoms with E-state index in [9.17, 15) is 13.2 Å². The summed E-state index contributed by atoms with van der Waals surface area (Å²) in [6.45, 7) is 7.75. The Balaban J connectivity index is 1.98. The standard InChI is InChI=1S/C17H22F3N3O/c1-10(2)15-22-16(24-23-15)12(4)21-11(3)8-13-6-5-7-14(9-13)17(18,19)20/h5-7,9-12,21H,8H2,1-4H3/t11-,12-/m0/s1. The van der Waals surface area contributed by atoms with Crippen molar-refractivity contribution in [3.63, 3.8) is 0 Å². The molecular weight excluding hydrogens is 319 g/mol. The molecule has 1 aromatic heterocycles. The van der Waals surface area contributed by atoms with Gasteiger partial charge in [0, 0.05) is 12.0 Å². The number of rotatable bonds is 6. The van der Waals surface area contributed by atoms with E-state index < -0.39 is 11.7 Å². The zero-order chi connectivity index (χ0) is 17.9. The van der Waals surface area contributed by atoms with Gasteiger partial charge in [0.2, 0.25) is 5.89 Å². The van der Waals surface area contributed by atoms with E-state index in [2.05, 4.69) is 15.5 Å². The van der Waals surface area contributed by atoms with Crippen LogP contribution in [0, 0.1) is 0 Å². The first kappa shape index (κ1) is 18.4. The molecule has 0 aliphatic carbocycles. The van der Waals surface area contributed by atoms with Crippen LogP contribution in [0.25, 0.3) is 0 Å². The normalized spacial score (nSPS) is 14.8. The SMILES string of the molecule is CC(C)c1noc([C@H](C)N[C@@H](C)Cc2cccc(C(F)(F)F)c2)n1. The topological polar surface area (TPSA) is 51.0 Å². The third-order valence-corrected chi connectivity index (χ3v) is 3.67. The van der Waals surface area contributed by atoms with Gasteiger partial charge in [-0.3, -0.25) is 0 Å². The van der Waals surface area contributed by atoms with Crippen LogP contribution in [0.1, 0.15) is 62.5 Å². The van der Waals surface area contributed by atoms with Crippen molar-refractivity contribution in [1.29, 1.82) is 0 Å². The molecule has 2 rings (SSSR count). The van der Waals surface area contributed by atoms with Gasteiger partial charge in [0.15, 0.2) is 5.82 Å². The second-order valence-corrected chi connectivity index (χ2v) is 6.34. The van der Waals surface area contributed by atoms with Crippen LogP contribution in [0.3, 0.4) is 0 Å². The molecule has 24 heavy (non-hydrogen) atoms. The molecular formula is C17H22F3N3O. The van der Waals surface area contributed by atoms with Crippen LogP contribution >= 0.6 is 0 Å².